The summed E-state index contributed by atoms with van der Waals surface area (Å²) >= 11 is 0. The van der Waals surface area contributed by atoms with Gasteiger partial charge in [0, 0.05) is 24.4 Å². The number of methoxy groups -OCH3 is 1. The van der Waals surface area contributed by atoms with E-state index in [-0.39, 0.29) is 11.9 Å². The van der Waals surface area contributed by atoms with Gasteiger partial charge >= 0.3 is 0 Å². The molecule has 0 saturated heterocycles. The molecule has 1 heterocycles. The van der Waals surface area contributed by atoms with E-state index in [0.29, 0.717) is 13.2 Å². The fourth-order valence-electron chi connectivity index (χ4n) is 2.31. The number of fused-ring (bicyclic) bond motifs is 1. The maximum absolute atomic E-state index is 12.0. The lowest BCUT2D eigenvalue weighted by molar-refractivity contribution is -0.122. The molecule has 1 amide bonds. The molecular weight excluding hydrogens is 240 g/mol. The summed E-state index contributed by atoms with van der Waals surface area (Å²) in [5.74, 6) is 0.00834. The number of hydrogen-bond donors (Lipinski definition) is 1. The first-order valence-electron chi connectivity index (χ1n) is 6.45. The summed E-state index contributed by atoms with van der Waals surface area (Å²) in [5.41, 5.74) is 2.19. The first-order chi connectivity index (χ1) is 9.11. The Morgan fingerprint density at radius 1 is 1.42 bits per heavy atom. The van der Waals surface area contributed by atoms with Crippen molar-refractivity contribution in [3.05, 3.63) is 36.0 Å². The lowest BCUT2D eigenvalue weighted by Gasteiger charge is -2.14. The van der Waals surface area contributed by atoms with Crippen molar-refractivity contribution in [2.24, 2.45) is 0 Å². The Hall–Kier alpha value is -1.81. The average Bonchev–Trinajstić information content (AvgIpc) is 2.66. The molecule has 0 aliphatic heterocycles. The largest absolute Gasteiger partial charge is 0.383 e. The molecule has 19 heavy (non-hydrogen) atoms. The maximum Gasteiger partial charge on any atom is 0.240 e. The SMILES string of the molecule is COCC(C)NC(=O)Cn1c(C)cc2ccccc21. The van der Waals surface area contributed by atoms with Gasteiger partial charge < -0.3 is 14.6 Å². The van der Waals surface area contributed by atoms with Crippen LogP contribution in [-0.4, -0.2) is 30.2 Å². The van der Waals surface area contributed by atoms with Gasteiger partial charge in [-0.05, 0) is 31.4 Å². The third-order valence-electron chi connectivity index (χ3n) is 3.14. The summed E-state index contributed by atoms with van der Waals surface area (Å²) in [6, 6.07) is 10.2. The predicted molar refractivity (Wildman–Crippen MR) is 76.2 cm³/mol. The summed E-state index contributed by atoms with van der Waals surface area (Å²) in [6.07, 6.45) is 0. The maximum atomic E-state index is 12.0. The Bertz CT molecular complexity index is 575. The molecule has 1 aromatic carbocycles. The van der Waals surface area contributed by atoms with Gasteiger partial charge in [0.25, 0.3) is 0 Å². The molecule has 1 N–H and O–H groups in total. The van der Waals surface area contributed by atoms with Gasteiger partial charge in [-0.1, -0.05) is 18.2 Å². The third-order valence-corrected chi connectivity index (χ3v) is 3.14. The average molecular weight is 260 g/mol. The standard InChI is InChI=1S/C15H20N2O2/c1-11(10-19-3)16-15(18)9-17-12(2)8-13-6-4-5-7-14(13)17/h4-8,11H,9-10H2,1-3H3,(H,16,18). The van der Waals surface area contributed by atoms with E-state index >= 15 is 0 Å². The zero-order valence-electron chi connectivity index (χ0n) is 11.6. The van der Waals surface area contributed by atoms with Crippen molar-refractivity contribution in [1.82, 2.24) is 9.88 Å². The normalized spacial score (nSPS) is 12.6. The lowest BCUT2D eigenvalue weighted by Crippen LogP contribution is -2.37. The molecule has 0 aliphatic rings. The highest BCUT2D eigenvalue weighted by atomic mass is 16.5. The second kappa shape index (κ2) is 5.89. The predicted octanol–water partition coefficient (Wildman–Crippen LogP) is 2.10. The van der Waals surface area contributed by atoms with Crippen LogP contribution in [0.4, 0.5) is 0 Å². The van der Waals surface area contributed by atoms with Crippen LogP contribution in [0.5, 0.6) is 0 Å². The molecule has 0 spiro atoms. The molecule has 1 unspecified atom stereocenters. The van der Waals surface area contributed by atoms with Gasteiger partial charge in [0.2, 0.25) is 5.91 Å². The van der Waals surface area contributed by atoms with E-state index in [2.05, 4.69) is 17.4 Å². The van der Waals surface area contributed by atoms with Crippen molar-refractivity contribution >= 4 is 16.8 Å². The van der Waals surface area contributed by atoms with Gasteiger partial charge in [-0.3, -0.25) is 4.79 Å². The van der Waals surface area contributed by atoms with Crippen molar-refractivity contribution in [2.75, 3.05) is 13.7 Å². The van der Waals surface area contributed by atoms with Gasteiger partial charge in [0.1, 0.15) is 6.54 Å². The number of nitrogens with zero attached hydrogens (tertiary/aromatic N) is 1. The van der Waals surface area contributed by atoms with Gasteiger partial charge in [0.15, 0.2) is 0 Å². The Morgan fingerprint density at radius 2 is 2.16 bits per heavy atom. The summed E-state index contributed by atoms with van der Waals surface area (Å²) in [6.45, 7) is 4.82. The highest BCUT2D eigenvalue weighted by Crippen LogP contribution is 2.18. The number of carbonyl (C=O) groups excluding carboxylic acids is 1. The first-order valence-corrected chi connectivity index (χ1v) is 6.45. The highest BCUT2D eigenvalue weighted by Gasteiger charge is 2.11. The van der Waals surface area contributed by atoms with E-state index in [1.165, 1.54) is 0 Å². The molecule has 0 radical (unpaired) electrons. The zero-order valence-corrected chi connectivity index (χ0v) is 11.6. The van der Waals surface area contributed by atoms with Crippen LogP contribution in [0.3, 0.4) is 0 Å². The van der Waals surface area contributed by atoms with Crippen LogP contribution in [0.25, 0.3) is 10.9 Å². The molecular formula is C15H20N2O2. The zero-order chi connectivity index (χ0) is 13.8. The molecule has 4 heteroatoms. The van der Waals surface area contributed by atoms with E-state index < -0.39 is 0 Å². The van der Waals surface area contributed by atoms with E-state index in [9.17, 15) is 4.79 Å². The van der Waals surface area contributed by atoms with Crippen LogP contribution in [0, 0.1) is 6.92 Å². The van der Waals surface area contributed by atoms with Crippen molar-refractivity contribution in [2.45, 2.75) is 26.4 Å². The summed E-state index contributed by atoms with van der Waals surface area (Å²) < 4.78 is 7.04. The first kappa shape index (κ1) is 13.6. The smallest absolute Gasteiger partial charge is 0.240 e. The lowest BCUT2D eigenvalue weighted by atomic mass is 10.2. The molecule has 0 bridgehead atoms. The molecule has 0 saturated carbocycles. The van der Waals surface area contributed by atoms with Crippen molar-refractivity contribution in [3.8, 4) is 0 Å². The molecule has 0 fully saturated rings. The minimum Gasteiger partial charge on any atom is -0.383 e. The van der Waals surface area contributed by atoms with Gasteiger partial charge in [0.05, 0.1) is 6.61 Å². The Kier molecular flexibility index (Phi) is 4.22. The summed E-state index contributed by atoms with van der Waals surface area (Å²) in [7, 11) is 1.63. The number of carbonyl (C=O) groups is 1. The number of ether oxygens (including phenoxy) is 1. The monoisotopic (exact) mass is 260 g/mol. The van der Waals surface area contributed by atoms with E-state index in [0.717, 1.165) is 16.6 Å². The summed E-state index contributed by atoms with van der Waals surface area (Å²) in [4.78, 5) is 12.0. The minimum absolute atomic E-state index is 0.00834. The van der Waals surface area contributed by atoms with Crippen LogP contribution in [0.1, 0.15) is 12.6 Å². The van der Waals surface area contributed by atoms with E-state index in [4.69, 9.17) is 4.74 Å². The number of aromatic nitrogens is 1. The van der Waals surface area contributed by atoms with E-state index in [1.807, 2.05) is 36.6 Å². The second-order valence-electron chi connectivity index (χ2n) is 4.85. The molecule has 4 nitrogen and oxygen atoms in total. The number of rotatable bonds is 5. The second-order valence-corrected chi connectivity index (χ2v) is 4.85. The van der Waals surface area contributed by atoms with Crippen LogP contribution >= 0.6 is 0 Å². The minimum atomic E-state index is 0.00834. The number of para-hydroxylation sites is 1. The summed E-state index contributed by atoms with van der Waals surface area (Å²) in [5, 5.41) is 4.09. The molecule has 0 aliphatic carbocycles. The van der Waals surface area contributed by atoms with Crippen molar-refractivity contribution in [1.29, 1.82) is 0 Å². The number of aryl methyl sites for hydroxylation is 1. The van der Waals surface area contributed by atoms with Crippen LogP contribution in [0.15, 0.2) is 30.3 Å². The van der Waals surface area contributed by atoms with Gasteiger partial charge in [-0.25, -0.2) is 0 Å². The molecule has 2 aromatic rings. The highest BCUT2D eigenvalue weighted by molar-refractivity contribution is 5.84. The topological polar surface area (TPSA) is 43.3 Å². The molecule has 102 valence electrons. The van der Waals surface area contributed by atoms with Crippen molar-refractivity contribution < 1.29 is 9.53 Å². The number of amides is 1. The van der Waals surface area contributed by atoms with E-state index in [1.54, 1.807) is 7.11 Å². The van der Waals surface area contributed by atoms with Gasteiger partial charge in [-0.15, -0.1) is 0 Å². The number of hydrogen-bond acceptors (Lipinski definition) is 2. The molecule has 1 aromatic heterocycles. The molecule has 1 atom stereocenters. The fourth-order valence-corrected chi connectivity index (χ4v) is 2.31. The number of nitrogens with one attached hydrogen (secondary N) is 1. The van der Waals surface area contributed by atoms with Crippen LogP contribution in [0.2, 0.25) is 0 Å². The fraction of sp³-hybridized carbons (Fsp3) is 0.400. The third kappa shape index (κ3) is 3.15. The number of benzene rings is 1. The Labute approximate surface area is 113 Å². The van der Waals surface area contributed by atoms with Crippen molar-refractivity contribution in [3.63, 3.8) is 0 Å². The van der Waals surface area contributed by atoms with Gasteiger partial charge in [-0.2, -0.15) is 0 Å². The van der Waals surface area contributed by atoms with Crippen LogP contribution in [-0.2, 0) is 16.1 Å². The molecule has 2 rings (SSSR count). The quantitative estimate of drug-likeness (QED) is 0.894. The Morgan fingerprint density at radius 3 is 2.89 bits per heavy atom. The van der Waals surface area contributed by atoms with Crippen LogP contribution < -0.4 is 5.32 Å². The Balaban J connectivity index is 2.13.